The standard InChI is InChI=1S/C28H18N6O/c1-2-26(35)27(30)22-9-8-21(13-20(22)14-29)34-17-33-25-16-32-24-10-7-18(12-23(24)28(25)34)5-6-19-4-3-11-31-15-19/h3-4,7-13,15-17,30H,2H2,1H3. The third kappa shape index (κ3) is 4.03. The fraction of sp³-hybridized carbons (Fsp3) is 0.0714. The van der Waals surface area contributed by atoms with Crippen LogP contribution in [0.15, 0.2) is 73.4 Å². The topological polar surface area (TPSA) is 108 Å². The molecule has 3 aromatic heterocycles. The number of hydrogen-bond acceptors (Lipinski definition) is 6. The second kappa shape index (κ2) is 9.01. The summed E-state index contributed by atoms with van der Waals surface area (Å²) in [5.41, 5.74) is 5.10. The highest BCUT2D eigenvalue weighted by Gasteiger charge is 2.16. The van der Waals surface area contributed by atoms with Crippen LogP contribution in [0.3, 0.4) is 0 Å². The van der Waals surface area contributed by atoms with Crippen molar-refractivity contribution in [2.24, 2.45) is 0 Å². The van der Waals surface area contributed by atoms with E-state index in [-0.39, 0.29) is 23.5 Å². The minimum Gasteiger partial charge on any atom is -0.298 e. The summed E-state index contributed by atoms with van der Waals surface area (Å²) < 4.78 is 1.88. The molecule has 7 nitrogen and oxygen atoms in total. The van der Waals surface area contributed by atoms with E-state index in [1.807, 2.05) is 34.9 Å². The van der Waals surface area contributed by atoms with Crippen LogP contribution in [-0.4, -0.2) is 31.0 Å². The van der Waals surface area contributed by atoms with Crippen LogP contribution in [0.4, 0.5) is 0 Å². The Kier molecular flexibility index (Phi) is 5.58. The number of hydrogen-bond donors (Lipinski definition) is 1. The molecule has 0 atom stereocenters. The van der Waals surface area contributed by atoms with Crippen molar-refractivity contribution in [2.75, 3.05) is 0 Å². The van der Waals surface area contributed by atoms with Crippen LogP contribution in [-0.2, 0) is 4.79 Å². The number of nitrogens with one attached hydrogen (secondary N) is 1. The molecule has 0 aliphatic rings. The molecule has 166 valence electrons. The van der Waals surface area contributed by atoms with E-state index >= 15 is 0 Å². The van der Waals surface area contributed by atoms with Gasteiger partial charge < -0.3 is 0 Å². The van der Waals surface area contributed by atoms with Gasteiger partial charge in [-0.1, -0.05) is 18.8 Å². The monoisotopic (exact) mass is 454 g/mol. The molecular formula is C28H18N6O. The van der Waals surface area contributed by atoms with Crippen LogP contribution in [0, 0.1) is 28.6 Å². The largest absolute Gasteiger partial charge is 0.298 e. The SMILES string of the molecule is CCC(=O)C(=N)c1ccc(-n2cnc3cnc4ccc(C#Cc5cccnc5)cc4c32)cc1C#N. The lowest BCUT2D eigenvalue weighted by molar-refractivity contribution is -0.112. The molecule has 0 saturated heterocycles. The van der Waals surface area contributed by atoms with Crippen molar-refractivity contribution in [3.05, 3.63) is 95.7 Å². The molecule has 1 N–H and O–H groups in total. The Morgan fingerprint density at radius 1 is 1.03 bits per heavy atom. The first kappa shape index (κ1) is 21.7. The number of Topliss-reactive ketones (excluding diaryl/α,β-unsaturated/α-hetero) is 1. The maximum atomic E-state index is 12.0. The summed E-state index contributed by atoms with van der Waals surface area (Å²) in [6, 6.07) is 16.8. The highest BCUT2D eigenvalue weighted by molar-refractivity contribution is 6.45. The van der Waals surface area contributed by atoms with Gasteiger partial charge >= 0.3 is 0 Å². The summed E-state index contributed by atoms with van der Waals surface area (Å²) in [7, 11) is 0. The third-order valence-corrected chi connectivity index (χ3v) is 5.66. The average molecular weight is 454 g/mol. The Morgan fingerprint density at radius 3 is 2.66 bits per heavy atom. The number of aromatic nitrogens is 4. The van der Waals surface area contributed by atoms with Crippen molar-refractivity contribution in [1.82, 2.24) is 19.5 Å². The molecule has 0 aliphatic heterocycles. The van der Waals surface area contributed by atoms with Crippen molar-refractivity contribution < 1.29 is 4.79 Å². The van der Waals surface area contributed by atoms with Crippen molar-refractivity contribution in [3.8, 4) is 23.6 Å². The summed E-state index contributed by atoms with van der Waals surface area (Å²) in [5, 5.41) is 18.7. The van der Waals surface area contributed by atoms with Gasteiger partial charge in [0.05, 0.1) is 28.9 Å². The number of nitrogens with zero attached hydrogens (tertiary/aromatic N) is 5. The van der Waals surface area contributed by atoms with E-state index in [2.05, 4.69) is 32.9 Å². The molecular weight excluding hydrogens is 436 g/mol. The Morgan fingerprint density at radius 2 is 1.89 bits per heavy atom. The molecule has 35 heavy (non-hydrogen) atoms. The van der Waals surface area contributed by atoms with Crippen LogP contribution in [0.1, 0.15) is 35.6 Å². The Bertz CT molecular complexity index is 1730. The summed E-state index contributed by atoms with van der Waals surface area (Å²) in [4.78, 5) is 25.1. The highest BCUT2D eigenvalue weighted by Crippen LogP contribution is 2.27. The third-order valence-electron chi connectivity index (χ3n) is 5.66. The first-order valence-electron chi connectivity index (χ1n) is 10.9. The van der Waals surface area contributed by atoms with Crippen LogP contribution in [0.2, 0.25) is 0 Å². The average Bonchev–Trinajstić information content (AvgIpc) is 3.36. The molecule has 0 bridgehead atoms. The Hall–Kier alpha value is -5.14. The zero-order valence-electron chi connectivity index (χ0n) is 18.8. The minimum atomic E-state index is -0.306. The summed E-state index contributed by atoms with van der Waals surface area (Å²) >= 11 is 0. The molecule has 0 spiro atoms. The van der Waals surface area contributed by atoms with Gasteiger partial charge in [0.2, 0.25) is 0 Å². The second-order valence-electron chi connectivity index (χ2n) is 7.82. The molecule has 5 aromatic rings. The summed E-state index contributed by atoms with van der Waals surface area (Å²) in [5.74, 6) is 5.99. The molecule has 0 unspecified atom stereocenters. The van der Waals surface area contributed by atoms with E-state index < -0.39 is 0 Å². The zero-order valence-corrected chi connectivity index (χ0v) is 18.8. The summed E-state index contributed by atoms with van der Waals surface area (Å²) in [6.07, 6.45) is 7.03. The molecule has 0 radical (unpaired) electrons. The van der Waals surface area contributed by atoms with Crippen molar-refractivity contribution in [2.45, 2.75) is 13.3 Å². The molecule has 3 heterocycles. The predicted octanol–water partition coefficient (Wildman–Crippen LogP) is 4.59. The van der Waals surface area contributed by atoms with Crippen molar-refractivity contribution in [1.29, 1.82) is 10.7 Å². The number of carbonyl (C=O) groups excluding carboxylic acids is 1. The Labute approximate surface area is 201 Å². The van der Waals surface area contributed by atoms with E-state index in [9.17, 15) is 10.1 Å². The summed E-state index contributed by atoms with van der Waals surface area (Å²) in [6.45, 7) is 1.70. The highest BCUT2D eigenvalue weighted by atomic mass is 16.1. The van der Waals surface area contributed by atoms with Crippen molar-refractivity contribution >= 4 is 33.4 Å². The van der Waals surface area contributed by atoms with Gasteiger partial charge in [0.15, 0.2) is 5.78 Å². The lowest BCUT2D eigenvalue weighted by atomic mass is 9.99. The number of imidazole rings is 1. The molecule has 2 aromatic carbocycles. The van der Waals surface area contributed by atoms with Crippen LogP contribution >= 0.6 is 0 Å². The molecule has 5 rings (SSSR count). The maximum Gasteiger partial charge on any atom is 0.180 e. The van der Waals surface area contributed by atoms with Crippen LogP contribution in [0.25, 0.3) is 27.6 Å². The van der Waals surface area contributed by atoms with Gasteiger partial charge in [0.1, 0.15) is 17.6 Å². The maximum absolute atomic E-state index is 12.0. The number of benzene rings is 2. The van der Waals surface area contributed by atoms with Gasteiger partial charge in [-0.05, 0) is 48.5 Å². The number of rotatable bonds is 4. The minimum absolute atomic E-state index is 0.155. The van der Waals surface area contributed by atoms with Gasteiger partial charge in [0, 0.05) is 46.6 Å². The molecule has 0 saturated carbocycles. The van der Waals surface area contributed by atoms with E-state index in [1.165, 1.54) is 0 Å². The van der Waals surface area contributed by atoms with Gasteiger partial charge in [-0.15, -0.1) is 0 Å². The van der Waals surface area contributed by atoms with E-state index in [4.69, 9.17) is 5.41 Å². The van der Waals surface area contributed by atoms with Gasteiger partial charge in [-0.25, -0.2) is 4.98 Å². The van der Waals surface area contributed by atoms with Crippen molar-refractivity contribution in [3.63, 3.8) is 0 Å². The van der Waals surface area contributed by atoms with Gasteiger partial charge in [-0.3, -0.25) is 24.7 Å². The fourth-order valence-electron chi connectivity index (χ4n) is 3.87. The van der Waals surface area contributed by atoms with E-state index in [0.717, 1.165) is 27.5 Å². The first-order valence-corrected chi connectivity index (χ1v) is 10.9. The van der Waals surface area contributed by atoms with Crippen LogP contribution < -0.4 is 0 Å². The molecule has 0 amide bonds. The van der Waals surface area contributed by atoms with E-state index in [1.54, 1.807) is 50.0 Å². The lowest BCUT2D eigenvalue weighted by Crippen LogP contribution is -2.14. The lowest BCUT2D eigenvalue weighted by Gasteiger charge is -2.10. The van der Waals surface area contributed by atoms with E-state index in [0.29, 0.717) is 16.8 Å². The number of ketones is 1. The number of pyridine rings is 2. The first-order chi connectivity index (χ1) is 17.1. The number of carbonyl (C=O) groups is 1. The smallest absolute Gasteiger partial charge is 0.180 e. The molecule has 0 aliphatic carbocycles. The predicted molar refractivity (Wildman–Crippen MR) is 133 cm³/mol. The quantitative estimate of drug-likeness (QED) is 0.316. The normalized spacial score (nSPS) is 10.5. The van der Waals surface area contributed by atoms with Gasteiger partial charge in [0.25, 0.3) is 0 Å². The number of fused-ring (bicyclic) bond motifs is 3. The molecule has 0 fully saturated rings. The second-order valence-corrected chi connectivity index (χ2v) is 7.82. The Balaban J connectivity index is 1.65. The van der Waals surface area contributed by atoms with Gasteiger partial charge in [-0.2, -0.15) is 5.26 Å². The van der Waals surface area contributed by atoms with Crippen LogP contribution in [0.5, 0.6) is 0 Å². The number of nitriles is 1. The fourth-order valence-corrected chi connectivity index (χ4v) is 3.87. The zero-order chi connectivity index (χ0) is 24.4. The molecule has 7 heteroatoms.